The van der Waals surface area contributed by atoms with E-state index in [0.717, 1.165) is 31.5 Å². The summed E-state index contributed by atoms with van der Waals surface area (Å²) >= 11 is 0. The molecule has 1 aromatic rings. The summed E-state index contributed by atoms with van der Waals surface area (Å²) in [6.07, 6.45) is 2.00. The number of amides is 1. The largest absolute Gasteiger partial charge is 0.508 e. The van der Waals surface area contributed by atoms with E-state index in [4.69, 9.17) is 0 Å². The molecule has 4 nitrogen and oxygen atoms in total. The summed E-state index contributed by atoms with van der Waals surface area (Å²) in [5.74, 6) is 0.243. The smallest absolute Gasteiger partial charge is 0.254 e. The van der Waals surface area contributed by atoms with Gasteiger partial charge >= 0.3 is 0 Å². The molecule has 1 aromatic carbocycles. The van der Waals surface area contributed by atoms with Crippen molar-refractivity contribution in [1.29, 1.82) is 0 Å². The van der Waals surface area contributed by atoms with Gasteiger partial charge in [-0.3, -0.25) is 4.79 Å². The van der Waals surface area contributed by atoms with E-state index >= 15 is 0 Å². The second kappa shape index (κ2) is 5.40. The lowest BCUT2D eigenvalue weighted by Crippen LogP contribution is -2.44. The van der Waals surface area contributed by atoms with Gasteiger partial charge in [0.2, 0.25) is 0 Å². The van der Waals surface area contributed by atoms with Crippen molar-refractivity contribution in [1.82, 2.24) is 10.2 Å². The number of nitrogens with one attached hydrogen (secondary N) is 1. The van der Waals surface area contributed by atoms with E-state index in [-0.39, 0.29) is 11.7 Å². The highest BCUT2D eigenvalue weighted by Gasteiger charge is 2.23. The molecule has 2 N–H and O–H groups in total. The topological polar surface area (TPSA) is 52.6 Å². The first-order chi connectivity index (χ1) is 8.59. The average molecular weight is 248 g/mol. The monoisotopic (exact) mass is 248 g/mol. The number of nitrogens with zero attached hydrogens (tertiary/aromatic N) is 1. The van der Waals surface area contributed by atoms with Gasteiger partial charge in [0.15, 0.2) is 0 Å². The maximum Gasteiger partial charge on any atom is 0.254 e. The van der Waals surface area contributed by atoms with E-state index in [9.17, 15) is 9.90 Å². The highest BCUT2D eigenvalue weighted by Crippen LogP contribution is 2.19. The number of aromatic hydroxyl groups is 1. The Labute approximate surface area is 108 Å². The molecule has 0 bridgehead atoms. The lowest BCUT2D eigenvalue weighted by atomic mass is 10.0. The Balaban J connectivity index is 2.14. The molecule has 98 valence electrons. The predicted molar refractivity (Wildman–Crippen MR) is 70.8 cm³/mol. The molecule has 0 aromatic heterocycles. The quantitative estimate of drug-likeness (QED) is 0.834. The maximum absolute atomic E-state index is 12.4. The van der Waals surface area contributed by atoms with Gasteiger partial charge in [0, 0.05) is 18.7 Å². The average Bonchev–Trinajstić information content (AvgIpc) is 2.38. The number of aryl methyl sites for hydroxylation is 1. The van der Waals surface area contributed by atoms with Crippen LogP contribution in [0.4, 0.5) is 0 Å². The Morgan fingerprint density at radius 2 is 2.06 bits per heavy atom. The predicted octanol–water partition coefficient (Wildman–Crippen LogP) is 1.52. The van der Waals surface area contributed by atoms with Crippen LogP contribution in [0.5, 0.6) is 5.75 Å². The van der Waals surface area contributed by atoms with Crippen molar-refractivity contribution in [2.24, 2.45) is 0 Å². The third kappa shape index (κ3) is 2.64. The van der Waals surface area contributed by atoms with E-state index in [0.29, 0.717) is 11.6 Å². The van der Waals surface area contributed by atoms with Crippen molar-refractivity contribution in [3.05, 3.63) is 29.3 Å². The summed E-state index contributed by atoms with van der Waals surface area (Å²) in [5, 5.41) is 12.7. The summed E-state index contributed by atoms with van der Waals surface area (Å²) in [6.45, 7) is 3.79. The van der Waals surface area contributed by atoms with Crippen molar-refractivity contribution in [2.45, 2.75) is 25.8 Å². The second-order valence-corrected chi connectivity index (χ2v) is 4.90. The first kappa shape index (κ1) is 12.9. The van der Waals surface area contributed by atoms with Crippen molar-refractivity contribution in [3.63, 3.8) is 0 Å². The molecule has 0 aliphatic carbocycles. The van der Waals surface area contributed by atoms with E-state index in [2.05, 4.69) is 5.32 Å². The molecule has 1 saturated heterocycles. The van der Waals surface area contributed by atoms with Crippen molar-refractivity contribution in [3.8, 4) is 5.75 Å². The fraction of sp³-hybridized carbons (Fsp3) is 0.500. The summed E-state index contributed by atoms with van der Waals surface area (Å²) in [5.41, 5.74) is 1.50. The molecule has 0 atom stereocenters. The minimum atomic E-state index is 0.0411. The molecule has 0 spiro atoms. The van der Waals surface area contributed by atoms with Gasteiger partial charge in [0.1, 0.15) is 5.75 Å². The van der Waals surface area contributed by atoms with Crippen LogP contribution in [0.2, 0.25) is 0 Å². The van der Waals surface area contributed by atoms with Crippen LogP contribution in [0.1, 0.15) is 28.8 Å². The van der Waals surface area contributed by atoms with Gasteiger partial charge in [-0.05, 0) is 56.6 Å². The van der Waals surface area contributed by atoms with Gasteiger partial charge in [0.05, 0.1) is 0 Å². The van der Waals surface area contributed by atoms with Crippen LogP contribution in [0.3, 0.4) is 0 Å². The number of hydrogen-bond donors (Lipinski definition) is 2. The summed E-state index contributed by atoms with van der Waals surface area (Å²) in [4.78, 5) is 14.2. The van der Waals surface area contributed by atoms with Crippen LogP contribution in [-0.2, 0) is 0 Å². The van der Waals surface area contributed by atoms with Crippen LogP contribution in [-0.4, -0.2) is 42.1 Å². The van der Waals surface area contributed by atoms with Crippen LogP contribution in [0, 0.1) is 6.92 Å². The zero-order chi connectivity index (χ0) is 13.1. The number of piperidine rings is 1. The zero-order valence-corrected chi connectivity index (χ0v) is 10.9. The number of hydrogen-bond acceptors (Lipinski definition) is 3. The van der Waals surface area contributed by atoms with Gasteiger partial charge in [-0.15, -0.1) is 0 Å². The van der Waals surface area contributed by atoms with Crippen LogP contribution in [0.25, 0.3) is 0 Å². The van der Waals surface area contributed by atoms with Crippen LogP contribution >= 0.6 is 0 Å². The Kier molecular flexibility index (Phi) is 3.87. The molecule has 0 unspecified atom stereocenters. The number of phenols is 1. The van der Waals surface area contributed by atoms with Gasteiger partial charge in [-0.1, -0.05) is 0 Å². The lowest BCUT2D eigenvalue weighted by molar-refractivity contribution is 0.0702. The highest BCUT2D eigenvalue weighted by molar-refractivity contribution is 5.95. The Morgan fingerprint density at radius 3 is 2.67 bits per heavy atom. The summed E-state index contributed by atoms with van der Waals surface area (Å²) < 4.78 is 0. The molecule has 2 rings (SSSR count). The lowest BCUT2D eigenvalue weighted by Gasteiger charge is -2.32. The van der Waals surface area contributed by atoms with E-state index in [1.54, 1.807) is 18.2 Å². The number of rotatable bonds is 2. The van der Waals surface area contributed by atoms with Crippen molar-refractivity contribution >= 4 is 5.91 Å². The number of benzene rings is 1. The fourth-order valence-electron chi connectivity index (χ4n) is 2.44. The normalized spacial score (nSPS) is 16.6. The van der Waals surface area contributed by atoms with Gasteiger partial charge < -0.3 is 15.3 Å². The third-order valence-electron chi connectivity index (χ3n) is 3.62. The molecule has 1 fully saturated rings. The summed E-state index contributed by atoms with van der Waals surface area (Å²) in [6, 6.07) is 5.21. The Hall–Kier alpha value is -1.55. The summed E-state index contributed by atoms with van der Waals surface area (Å²) in [7, 11) is 1.87. The molecule has 0 saturated carbocycles. The molecule has 1 aliphatic heterocycles. The molecule has 4 heteroatoms. The molecule has 1 amide bonds. The second-order valence-electron chi connectivity index (χ2n) is 4.90. The maximum atomic E-state index is 12.4. The van der Waals surface area contributed by atoms with Gasteiger partial charge in [-0.25, -0.2) is 0 Å². The van der Waals surface area contributed by atoms with Gasteiger partial charge in [0.25, 0.3) is 5.91 Å². The number of carbonyl (C=O) groups is 1. The first-order valence-electron chi connectivity index (χ1n) is 6.37. The fourth-order valence-corrected chi connectivity index (χ4v) is 2.44. The van der Waals surface area contributed by atoms with E-state index < -0.39 is 0 Å². The van der Waals surface area contributed by atoms with E-state index in [1.807, 2.05) is 18.9 Å². The Morgan fingerprint density at radius 1 is 1.39 bits per heavy atom. The number of carbonyl (C=O) groups excluding carboxylic acids is 1. The van der Waals surface area contributed by atoms with E-state index in [1.165, 1.54) is 0 Å². The molecule has 1 aliphatic rings. The first-order valence-corrected chi connectivity index (χ1v) is 6.37. The third-order valence-corrected chi connectivity index (χ3v) is 3.62. The zero-order valence-electron chi connectivity index (χ0n) is 10.9. The molecular formula is C14H20N2O2. The molecule has 18 heavy (non-hydrogen) atoms. The minimum Gasteiger partial charge on any atom is -0.508 e. The van der Waals surface area contributed by atoms with Crippen molar-refractivity contribution < 1.29 is 9.90 Å². The SMILES string of the molecule is Cc1cc(O)ccc1C(=O)N(C)C1CCNCC1. The Bertz CT molecular complexity index is 439. The van der Waals surface area contributed by atoms with Crippen LogP contribution in [0.15, 0.2) is 18.2 Å². The standard InChI is InChI=1S/C14H20N2O2/c1-10-9-12(17)3-4-13(10)14(18)16(2)11-5-7-15-8-6-11/h3-4,9,11,15,17H,5-8H2,1-2H3. The minimum absolute atomic E-state index is 0.0411. The number of phenolic OH excluding ortho intramolecular Hbond substituents is 1. The van der Waals surface area contributed by atoms with Crippen molar-refractivity contribution in [2.75, 3.05) is 20.1 Å². The molecule has 1 heterocycles. The van der Waals surface area contributed by atoms with Gasteiger partial charge in [-0.2, -0.15) is 0 Å². The highest BCUT2D eigenvalue weighted by atomic mass is 16.3. The molecular weight excluding hydrogens is 228 g/mol. The molecule has 0 radical (unpaired) electrons. The van der Waals surface area contributed by atoms with Crippen LogP contribution < -0.4 is 5.32 Å².